The van der Waals surface area contributed by atoms with Gasteiger partial charge in [-0.2, -0.15) is 0 Å². The number of nitrogens with one attached hydrogen (secondary N) is 6. The van der Waals surface area contributed by atoms with Crippen molar-refractivity contribution in [3.05, 3.63) is 95.1 Å². The maximum absolute atomic E-state index is 12.4. The summed E-state index contributed by atoms with van der Waals surface area (Å²) in [5.74, 6) is -6.09. The topological polar surface area (TPSA) is 276 Å². The van der Waals surface area contributed by atoms with Crippen LogP contribution in [0.2, 0.25) is 0 Å². The molecule has 6 aromatic rings. The summed E-state index contributed by atoms with van der Waals surface area (Å²) < 4.78 is 0. The fraction of sp³-hybridized carbons (Fsp3) is 0.211. The molecule has 0 aliphatic heterocycles. The molecule has 0 fully saturated rings. The molecular weight excluding hydrogens is 752 g/mol. The van der Waals surface area contributed by atoms with Crippen molar-refractivity contribution < 1.29 is 39.0 Å². The Labute approximate surface area is 328 Å². The van der Waals surface area contributed by atoms with Crippen LogP contribution in [0.1, 0.15) is 47.9 Å². The maximum atomic E-state index is 12.4. The Bertz CT molecular complexity index is 2320. The molecule has 0 unspecified atom stereocenters. The van der Waals surface area contributed by atoms with Crippen LogP contribution in [-0.4, -0.2) is 75.6 Å². The summed E-state index contributed by atoms with van der Waals surface area (Å²) in [5, 5.41) is 44.0. The van der Waals surface area contributed by atoms with Crippen LogP contribution in [-0.2, 0) is 41.9 Å². The largest absolute Gasteiger partial charge is 0.505 e. The van der Waals surface area contributed by atoms with E-state index in [4.69, 9.17) is 0 Å². The fourth-order valence-electron chi connectivity index (χ4n) is 5.75. The molecule has 298 valence electrons. The van der Waals surface area contributed by atoms with Gasteiger partial charge in [0.25, 0.3) is 0 Å². The Kier molecular flexibility index (Phi) is 12.1. The first-order valence-corrected chi connectivity index (χ1v) is 17.9. The minimum atomic E-state index is -1.15. The lowest BCUT2D eigenvalue weighted by molar-refractivity contribution is -0.141. The van der Waals surface area contributed by atoms with Gasteiger partial charge in [-0.1, -0.05) is 36.4 Å². The van der Waals surface area contributed by atoms with Crippen molar-refractivity contribution in [1.82, 2.24) is 62.3 Å². The van der Waals surface area contributed by atoms with Crippen LogP contribution >= 0.6 is 0 Å². The Morgan fingerprint density at radius 3 is 1.21 bits per heavy atom. The van der Waals surface area contributed by atoms with Crippen molar-refractivity contribution in [2.75, 3.05) is 0 Å². The number of phenols is 2. The van der Waals surface area contributed by atoms with Gasteiger partial charge in [-0.3, -0.25) is 50.5 Å². The zero-order valence-corrected chi connectivity index (χ0v) is 31.2. The summed E-state index contributed by atoms with van der Waals surface area (Å²) in [4.78, 5) is 76.3. The molecule has 20 nitrogen and oxygen atoms in total. The first kappa shape index (κ1) is 39.8. The van der Waals surface area contributed by atoms with Gasteiger partial charge in [0.2, 0.25) is 11.8 Å². The van der Waals surface area contributed by atoms with E-state index in [0.29, 0.717) is 33.2 Å². The number of fused-ring (bicyclic) bond motifs is 2. The highest BCUT2D eigenvalue weighted by atomic mass is 16.3. The van der Waals surface area contributed by atoms with E-state index >= 15 is 0 Å². The van der Waals surface area contributed by atoms with Crippen LogP contribution in [0, 0.1) is 13.8 Å². The van der Waals surface area contributed by atoms with Crippen molar-refractivity contribution in [1.29, 1.82) is 0 Å². The normalized spacial score (nSPS) is 10.9. The van der Waals surface area contributed by atoms with Gasteiger partial charge in [0, 0.05) is 37.1 Å². The van der Waals surface area contributed by atoms with Crippen LogP contribution in [0.25, 0.3) is 33.4 Å². The van der Waals surface area contributed by atoms with Gasteiger partial charge in [0.15, 0.2) is 0 Å². The lowest BCUT2D eigenvalue weighted by atomic mass is 10.1. The number of hydrogen-bond donors (Lipinski definition) is 8. The highest BCUT2D eigenvalue weighted by Crippen LogP contribution is 2.29. The van der Waals surface area contributed by atoms with Gasteiger partial charge >= 0.3 is 23.6 Å². The first-order chi connectivity index (χ1) is 27.9. The summed E-state index contributed by atoms with van der Waals surface area (Å²) in [6.45, 7) is 3.15. The molecule has 0 atom stereocenters. The van der Waals surface area contributed by atoms with Gasteiger partial charge in [-0.05, 0) is 74.2 Å². The molecule has 6 rings (SSSR count). The molecule has 0 bridgehead atoms. The van der Waals surface area contributed by atoms with E-state index in [-0.39, 0.29) is 61.6 Å². The predicted octanol–water partition coefficient (Wildman–Crippen LogP) is 0.970. The van der Waals surface area contributed by atoms with Crippen LogP contribution in [0.5, 0.6) is 11.5 Å². The number of aromatic hydroxyl groups is 2. The molecule has 0 saturated carbocycles. The number of benzene rings is 4. The van der Waals surface area contributed by atoms with E-state index in [9.17, 15) is 39.0 Å². The molecule has 2 aromatic heterocycles. The third-order valence-electron chi connectivity index (χ3n) is 8.61. The van der Waals surface area contributed by atoms with Gasteiger partial charge in [0.05, 0.1) is 0 Å². The quantitative estimate of drug-likeness (QED) is 0.0518. The van der Waals surface area contributed by atoms with E-state index in [2.05, 4.69) is 41.9 Å². The number of carbonyl (C=O) groups is 6. The summed E-state index contributed by atoms with van der Waals surface area (Å²) in [7, 11) is 0. The highest BCUT2D eigenvalue weighted by Gasteiger charge is 2.20. The monoisotopic (exact) mass is 790 g/mol. The third kappa shape index (κ3) is 9.66. The summed E-state index contributed by atoms with van der Waals surface area (Å²) in [5.41, 5.74) is 13.4. The van der Waals surface area contributed by atoms with Crippen molar-refractivity contribution in [2.45, 2.75) is 52.6 Å². The van der Waals surface area contributed by atoms with Crippen LogP contribution in [0.3, 0.4) is 0 Å². The van der Waals surface area contributed by atoms with Crippen LogP contribution in [0.4, 0.5) is 0 Å². The zero-order chi connectivity index (χ0) is 41.3. The summed E-state index contributed by atoms with van der Waals surface area (Å²) in [6, 6.07) is 21.0. The van der Waals surface area contributed by atoms with E-state index in [1.807, 2.05) is 35.1 Å². The number of amides is 6. The van der Waals surface area contributed by atoms with Gasteiger partial charge < -0.3 is 20.8 Å². The number of aryl methyl sites for hydroxylation is 2. The molecule has 0 spiro atoms. The predicted molar refractivity (Wildman–Crippen MR) is 205 cm³/mol. The number of hydrazine groups is 2. The second kappa shape index (κ2) is 17.7. The minimum absolute atomic E-state index is 0.110. The molecule has 4 aromatic carbocycles. The second-order valence-electron chi connectivity index (χ2n) is 13.1. The third-order valence-corrected chi connectivity index (χ3v) is 8.61. The molecule has 0 aliphatic rings. The van der Waals surface area contributed by atoms with Crippen LogP contribution < -0.4 is 32.3 Å². The standard InChI is InChI=1S/C38H38N12O8/c1-21-15-23(33(53)29(17-21)49-45-25-9-3-4-10-26(25)46-49)19-39-35(55)37(57)43-41-31(51)13-7-8-14-32(52)42-44-38(58)36(56)40-20-24-16-22(2)18-30(34(24)54)50-47-27-11-5-6-12-28(27)48-50/h3-6,9-12,15-18,53-54H,7-8,13-14,19-20H2,1-2H3,(H,39,55)(H,40,56)(H,41,51)(H,42,52)(H,43,57)(H,44,58). The van der Waals surface area contributed by atoms with E-state index in [1.54, 1.807) is 62.4 Å². The number of aromatic nitrogens is 6. The van der Waals surface area contributed by atoms with E-state index < -0.39 is 35.4 Å². The number of unbranched alkanes of at least 4 members (excludes halogenated alkanes) is 1. The number of carbonyl (C=O) groups excluding carboxylic acids is 6. The second-order valence-corrected chi connectivity index (χ2v) is 13.1. The molecule has 20 heteroatoms. The summed E-state index contributed by atoms with van der Waals surface area (Å²) in [6.07, 6.45) is 0.191. The Morgan fingerprint density at radius 1 is 0.517 bits per heavy atom. The lowest BCUT2D eigenvalue weighted by Crippen LogP contribution is -2.48. The molecule has 6 amide bonds. The molecule has 0 aliphatic carbocycles. The Balaban J connectivity index is 0.862. The number of hydrogen-bond acceptors (Lipinski definition) is 12. The first-order valence-electron chi connectivity index (χ1n) is 17.9. The van der Waals surface area contributed by atoms with Crippen LogP contribution in [0.15, 0.2) is 72.8 Å². The summed E-state index contributed by atoms with van der Waals surface area (Å²) >= 11 is 0. The zero-order valence-electron chi connectivity index (χ0n) is 31.2. The Morgan fingerprint density at radius 2 is 0.862 bits per heavy atom. The van der Waals surface area contributed by atoms with E-state index in [0.717, 1.165) is 11.1 Å². The van der Waals surface area contributed by atoms with Crippen molar-refractivity contribution >= 4 is 57.5 Å². The minimum Gasteiger partial charge on any atom is -0.505 e. The molecule has 0 radical (unpaired) electrons. The SMILES string of the molecule is Cc1cc(CNC(=O)C(=O)NNC(=O)CCCCC(=O)NNC(=O)C(=O)NCc2cc(C)cc(-n3nc4ccccc4n3)c2O)c(O)c(-n2nc3ccccc3n2)c1. The Hall–Kier alpha value is -7.90. The van der Waals surface area contributed by atoms with Crippen molar-refractivity contribution in [3.63, 3.8) is 0 Å². The van der Waals surface area contributed by atoms with Gasteiger partial charge in [0.1, 0.15) is 44.9 Å². The van der Waals surface area contributed by atoms with Gasteiger partial charge in [-0.15, -0.1) is 30.0 Å². The lowest BCUT2D eigenvalue weighted by Gasteiger charge is -2.12. The number of nitrogens with zero attached hydrogens (tertiary/aromatic N) is 6. The smallest absolute Gasteiger partial charge is 0.327 e. The van der Waals surface area contributed by atoms with Crippen molar-refractivity contribution in [3.8, 4) is 22.9 Å². The molecular formula is C38H38N12O8. The molecule has 0 saturated heterocycles. The molecule has 8 N–H and O–H groups in total. The van der Waals surface area contributed by atoms with Crippen molar-refractivity contribution in [2.24, 2.45) is 0 Å². The van der Waals surface area contributed by atoms with E-state index in [1.165, 1.54) is 9.59 Å². The maximum Gasteiger partial charge on any atom is 0.327 e. The molecule has 2 heterocycles. The average Bonchev–Trinajstić information content (AvgIpc) is 3.85. The average molecular weight is 791 g/mol. The number of rotatable bonds is 11. The fourth-order valence-corrected chi connectivity index (χ4v) is 5.75. The molecule has 58 heavy (non-hydrogen) atoms. The number of phenolic OH excluding ortho intramolecular Hbond substituents is 2. The highest BCUT2D eigenvalue weighted by molar-refractivity contribution is 6.35. The van der Waals surface area contributed by atoms with Gasteiger partial charge in [-0.25, -0.2) is 0 Å².